The minimum absolute atomic E-state index is 0. The van der Waals surface area contributed by atoms with Gasteiger partial charge in [0.25, 0.3) is 0 Å². The van der Waals surface area contributed by atoms with Crippen molar-refractivity contribution in [2.45, 2.75) is 32.1 Å². The molecule has 3 rings (SSSR count). The lowest BCUT2D eigenvalue weighted by molar-refractivity contribution is 0.318. The second kappa shape index (κ2) is 4.77. The summed E-state index contributed by atoms with van der Waals surface area (Å²) in [6.45, 7) is 4.66. The highest BCUT2D eigenvalue weighted by Crippen LogP contribution is 2.36. The Kier molecular flexibility index (Phi) is 3.56. The fraction of sp³-hybridized carbons (Fsp3) is 0.571. The quantitative estimate of drug-likeness (QED) is 0.792. The normalized spacial score (nSPS) is 26.8. The molecule has 2 unspecified atom stereocenters. The van der Waals surface area contributed by atoms with E-state index in [1.165, 1.54) is 37.9 Å². The molecule has 0 radical (unpaired) electrons. The number of benzene rings is 1. The van der Waals surface area contributed by atoms with Crippen molar-refractivity contribution in [2.24, 2.45) is 5.92 Å². The predicted molar refractivity (Wildman–Crippen MR) is 70.5 cm³/mol. The van der Waals surface area contributed by atoms with Crippen molar-refractivity contribution in [3.63, 3.8) is 0 Å². The summed E-state index contributed by atoms with van der Waals surface area (Å²) in [5, 5.41) is 3.56. The summed E-state index contributed by atoms with van der Waals surface area (Å²) in [7, 11) is 0. The van der Waals surface area contributed by atoms with Crippen molar-refractivity contribution in [1.29, 1.82) is 0 Å². The number of piperidine rings is 1. The van der Waals surface area contributed by atoms with Crippen LogP contribution < -0.4 is 5.32 Å². The standard InChI is InChI=1S/C14H19N.ClH/c1-2-10-3-4-14-12(5-10)6-11-7-13(14)9-15-8-11;/h3-5,11,13,15H,2,6-9H2,1H3;1H. The molecule has 2 bridgehead atoms. The van der Waals surface area contributed by atoms with Crippen LogP contribution in [-0.4, -0.2) is 13.1 Å². The van der Waals surface area contributed by atoms with Crippen LogP contribution in [0.4, 0.5) is 0 Å². The molecule has 0 spiro atoms. The monoisotopic (exact) mass is 237 g/mol. The van der Waals surface area contributed by atoms with Gasteiger partial charge in [0.1, 0.15) is 0 Å². The van der Waals surface area contributed by atoms with Crippen LogP contribution >= 0.6 is 12.4 Å². The van der Waals surface area contributed by atoms with Gasteiger partial charge in [0, 0.05) is 6.54 Å². The van der Waals surface area contributed by atoms with E-state index >= 15 is 0 Å². The van der Waals surface area contributed by atoms with E-state index in [2.05, 4.69) is 30.4 Å². The van der Waals surface area contributed by atoms with Crippen molar-refractivity contribution in [3.05, 3.63) is 34.9 Å². The van der Waals surface area contributed by atoms with Gasteiger partial charge in [-0.15, -0.1) is 12.4 Å². The number of hydrogen-bond donors (Lipinski definition) is 1. The van der Waals surface area contributed by atoms with E-state index in [-0.39, 0.29) is 12.4 Å². The molecule has 1 saturated heterocycles. The lowest BCUT2D eigenvalue weighted by Gasteiger charge is -2.37. The zero-order valence-electron chi connectivity index (χ0n) is 9.83. The number of nitrogens with one attached hydrogen (secondary N) is 1. The Bertz CT molecular complexity index is 375. The highest BCUT2D eigenvalue weighted by Gasteiger charge is 2.29. The number of aryl methyl sites for hydroxylation is 1. The zero-order chi connectivity index (χ0) is 10.3. The van der Waals surface area contributed by atoms with Gasteiger partial charge < -0.3 is 5.32 Å². The van der Waals surface area contributed by atoms with E-state index in [1.54, 1.807) is 11.1 Å². The summed E-state index contributed by atoms with van der Waals surface area (Å²) in [5.74, 6) is 1.68. The van der Waals surface area contributed by atoms with Crippen LogP contribution in [0.3, 0.4) is 0 Å². The lowest BCUT2D eigenvalue weighted by Crippen LogP contribution is -2.39. The van der Waals surface area contributed by atoms with E-state index in [9.17, 15) is 0 Å². The van der Waals surface area contributed by atoms with Crippen LogP contribution in [0.2, 0.25) is 0 Å². The number of fused-ring (bicyclic) bond motifs is 4. The Hall–Kier alpha value is -0.530. The molecule has 1 nitrogen and oxygen atoms in total. The minimum Gasteiger partial charge on any atom is -0.316 e. The van der Waals surface area contributed by atoms with Crippen LogP contribution in [-0.2, 0) is 12.8 Å². The first-order valence-corrected chi connectivity index (χ1v) is 6.19. The Morgan fingerprint density at radius 1 is 1.31 bits per heavy atom. The predicted octanol–water partition coefficient (Wildman–Crippen LogP) is 2.92. The van der Waals surface area contributed by atoms with E-state index in [4.69, 9.17) is 0 Å². The molecule has 1 aliphatic heterocycles. The molecule has 1 N–H and O–H groups in total. The molecule has 0 aromatic heterocycles. The molecule has 1 aromatic carbocycles. The van der Waals surface area contributed by atoms with Crippen LogP contribution in [0.1, 0.15) is 36.0 Å². The summed E-state index contributed by atoms with van der Waals surface area (Å²) in [6, 6.07) is 7.13. The summed E-state index contributed by atoms with van der Waals surface area (Å²) in [6.07, 6.45) is 3.87. The maximum absolute atomic E-state index is 3.56. The second-order valence-corrected chi connectivity index (χ2v) is 5.05. The van der Waals surface area contributed by atoms with Gasteiger partial charge in [-0.2, -0.15) is 0 Å². The fourth-order valence-electron chi connectivity index (χ4n) is 3.19. The first kappa shape index (κ1) is 11.9. The molecule has 0 amide bonds. The average Bonchev–Trinajstić information content (AvgIpc) is 2.28. The van der Waals surface area contributed by atoms with Gasteiger partial charge in [0.05, 0.1) is 0 Å². The van der Waals surface area contributed by atoms with Crippen molar-refractivity contribution in [2.75, 3.05) is 13.1 Å². The van der Waals surface area contributed by atoms with Gasteiger partial charge in [-0.25, -0.2) is 0 Å². The Morgan fingerprint density at radius 3 is 3.00 bits per heavy atom. The average molecular weight is 238 g/mol. The van der Waals surface area contributed by atoms with Crippen LogP contribution in [0, 0.1) is 5.92 Å². The smallest absolute Gasteiger partial charge is 0.00204 e. The highest BCUT2D eigenvalue weighted by molar-refractivity contribution is 5.85. The first-order valence-electron chi connectivity index (χ1n) is 6.19. The molecule has 2 atom stereocenters. The van der Waals surface area contributed by atoms with Crippen molar-refractivity contribution in [1.82, 2.24) is 5.32 Å². The molecule has 88 valence electrons. The molecule has 0 saturated carbocycles. The van der Waals surface area contributed by atoms with Gasteiger partial charge in [-0.05, 0) is 54.3 Å². The maximum atomic E-state index is 3.56. The third kappa shape index (κ3) is 1.99. The summed E-state index contributed by atoms with van der Waals surface area (Å²) < 4.78 is 0. The molecule has 1 aromatic rings. The molecular formula is C14H20ClN. The molecule has 1 fully saturated rings. The third-order valence-electron chi connectivity index (χ3n) is 4.01. The Balaban J connectivity index is 0.000000963. The van der Waals surface area contributed by atoms with Gasteiger partial charge >= 0.3 is 0 Å². The van der Waals surface area contributed by atoms with Gasteiger partial charge in [-0.3, -0.25) is 0 Å². The van der Waals surface area contributed by atoms with Crippen molar-refractivity contribution in [3.8, 4) is 0 Å². The van der Waals surface area contributed by atoms with Gasteiger partial charge in [0.2, 0.25) is 0 Å². The van der Waals surface area contributed by atoms with Crippen LogP contribution in [0.15, 0.2) is 18.2 Å². The fourth-order valence-corrected chi connectivity index (χ4v) is 3.19. The molecule has 16 heavy (non-hydrogen) atoms. The van der Waals surface area contributed by atoms with E-state index < -0.39 is 0 Å². The summed E-state index contributed by atoms with van der Waals surface area (Å²) in [5.41, 5.74) is 4.76. The molecule has 2 heteroatoms. The Morgan fingerprint density at radius 2 is 2.19 bits per heavy atom. The van der Waals surface area contributed by atoms with E-state index in [0.717, 1.165) is 11.8 Å². The lowest BCUT2D eigenvalue weighted by atomic mass is 9.74. The summed E-state index contributed by atoms with van der Waals surface area (Å²) in [4.78, 5) is 0. The highest BCUT2D eigenvalue weighted by atomic mass is 35.5. The van der Waals surface area contributed by atoms with E-state index in [0.29, 0.717) is 0 Å². The number of hydrogen-bond acceptors (Lipinski definition) is 1. The van der Waals surface area contributed by atoms with Crippen molar-refractivity contribution < 1.29 is 0 Å². The molecule has 2 aliphatic rings. The minimum atomic E-state index is 0. The zero-order valence-corrected chi connectivity index (χ0v) is 10.6. The van der Waals surface area contributed by atoms with Crippen LogP contribution in [0.25, 0.3) is 0 Å². The summed E-state index contributed by atoms with van der Waals surface area (Å²) >= 11 is 0. The SMILES string of the molecule is CCc1ccc2c(c1)CC1CNCC2C1.Cl. The number of rotatable bonds is 1. The topological polar surface area (TPSA) is 12.0 Å². The van der Waals surface area contributed by atoms with Gasteiger partial charge in [0.15, 0.2) is 0 Å². The Labute approximate surface area is 104 Å². The van der Waals surface area contributed by atoms with Crippen molar-refractivity contribution >= 4 is 12.4 Å². The molecule has 1 heterocycles. The number of halogens is 1. The third-order valence-corrected chi connectivity index (χ3v) is 4.01. The largest absolute Gasteiger partial charge is 0.316 e. The van der Waals surface area contributed by atoms with E-state index in [1.807, 2.05) is 0 Å². The molecular weight excluding hydrogens is 218 g/mol. The maximum Gasteiger partial charge on any atom is 0.00204 e. The second-order valence-electron chi connectivity index (χ2n) is 5.05. The van der Waals surface area contributed by atoms with Crippen LogP contribution in [0.5, 0.6) is 0 Å². The van der Waals surface area contributed by atoms with Gasteiger partial charge in [-0.1, -0.05) is 25.1 Å². The molecule has 1 aliphatic carbocycles. The first-order chi connectivity index (χ1) is 7.36.